The minimum atomic E-state index is -1.14. The number of pyridine rings is 1. The summed E-state index contributed by atoms with van der Waals surface area (Å²) in [5.74, 6) is 0. The second-order valence-electron chi connectivity index (χ2n) is 1.89. The zero-order chi connectivity index (χ0) is 8.27. The van der Waals surface area contributed by atoms with E-state index in [1.807, 2.05) is 0 Å². The molecule has 0 atom stereocenters. The number of rotatable bonds is 1. The standard InChI is InChI=1S/C6H7N3O2/c7-4-3-8-2-1-5(4)9-6(10)11/h1-3H,7H2,(H,8,9)(H,10,11). The lowest BCUT2D eigenvalue weighted by atomic mass is 10.3. The summed E-state index contributed by atoms with van der Waals surface area (Å²) in [7, 11) is 0. The van der Waals surface area contributed by atoms with Crippen LogP contribution in [-0.4, -0.2) is 16.2 Å². The van der Waals surface area contributed by atoms with Crippen molar-refractivity contribution < 1.29 is 9.90 Å². The molecular weight excluding hydrogens is 146 g/mol. The summed E-state index contributed by atoms with van der Waals surface area (Å²) in [5, 5.41) is 10.4. The van der Waals surface area contributed by atoms with Crippen molar-refractivity contribution in [2.24, 2.45) is 0 Å². The summed E-state index contributed by atoms with van der Waals surface area (Å²) in [6.45, 7) is 0. The molecule has 0 unspecified atom stereocenters. The number of aromatic nitrogens is 1. The molecule has 58 valence electrons. The largest absolute Gasteiger partial charge is 0.465 e. The Hall–Kier alpha value is -1.78. The predicted molar refractivity (Wildman–Crippen MR) is 40.3 cm³/mol. The molecule has 1 amide bonds. The fourth-order valence-electron chi connectivity index (χ4n) is 0.636. The van der Waals surface area contributed by atoms with Gasteiger partial charge in [-0.15, -0.1) is 0 Å². The van der Waals surface area contributed by atoms with E-state index in [-0.39, 0.29) is 0 Å². The van der Waals surface area contributed by atoms with Gasteiger partial charge in [-0.1, -0.05) is 0 Å². The maximum Gasteiger partial charge on any atom is 0.409 e. The number of hydrogen-bond donors (Lipinski definition) is 3. The Morgan fingerprint density at radius 1 is 1.73 bits per heavy atom. The first-order valence-electron chi connectivity index (χ1n) is 2.89. The van der Waals surface area contributed by atoms with E-state index >= 15 is 0 Å². The Morgan fingerprint density at radius 2 is 2.45 bits per heavy atom. The van der Waals surface area contributed by atoms with Gasteiger partial charge in [0.15, 0.2) is 0 Å². The summed E-state index contributed by atoms with van der Waals surface area (Å²) in [5.41, 5.74) is 6.05. The normalized spacial score (nSPS) is 9.09. The lowest BCUT2D eigenvalue weighted by Crippen LogP contribution is -2.09. The third kappa shape index (κ3) is 1.82. The molecule has 0 spiro atoms. The third-order valence-corrected chi connectivity index (χ3v) is 1.09. The van der Waals surface area contributed by atoms with Gasteiger partial charge in [-0.3, -0.25) is 10.3 Å². The van der Waals surface area contributed by atoms with Gasteiger partial charge in [-0.25, -0.2) is 4.79 Å². The van der Waals surface area contributed by atoms with E-state index in [1.54, 1.807) is 0 Å². The summed E-state index contributed by atoms with van der Waals surface area (Å²) in [4.78, 5) is 13.8. The number of anilines is 2. The van der Waals surface area contributed by atoms with Crippen LogP contribution in [0.2, 0.25) is 0 Å². The van der Waals surface area contributed by atoms with Crippen molar-refractivity contribution >= 4 is 17.5 Å². The van der Waals surface area contributed by atoms with Gasteiger partial charge in [0.25, 0.3) is 0 Å². The van der Waals surface area contributed by atoms with Crippen LogP contribution < -0.4 is 11.1 Å². The fraction of sp³-hybridized carbons (Fsp3) is 0. The molecule has 0 aliphatic carbocycles. The predicted octanol–water partition coefficient (Wildman–Crippen LogP) is 0.754. The van der Waals surface area contributed by atoms with Crippen LogP contribution in [0.25, 0.3) is 0 Å². The molecule has 11 heavy (non-hydrogen) atoms. The van der Waals surface area contributed by atoms with E-state index in [4.69, 9.17) is 10.8 Å². The van der Waals surface area contributed by atoms with Gasteiger partial charge >= 0.3 is 6.09 Å². The van der Waals surface area contributed by atoms with Gasteiger partial charge in [0.05, 0.1) is 17.6 Å². The fourth-order valence-corrected chi connectivity index (χ4v) is 0.636. The van der Waals surface area contributed by atoms with E-state index < -0.39 is 6.09 Å². The van der Waals surface area contributed by atoms with Gasteiger partial charge in [0, 0.05) is 6.20 Å². The van der Waals surface area contributed by atoms with E-state index in [0.29, 0.717) is 11.4 Å². The van der Waals surface area contributed by atoms with E-state index in [0.717, 1.165) is 0 Å². The minimum Gasteiger partial charge on any atom is -0.465 e. The van der Waals surface area contributed by atoms with Crippen LogP contribution in [0.15, 0.2) is 18.5 Å². The lowest BCUT2D eigenvalue weighted by Gasteiger charge is -2.01. The Bertz CT molecular complexity index is 274. The van der Waals surface area contributed by atoms with Gasteiger partial charge < -0.3 is 10.8 Å². The molecule has 0 radical (unpaired) electrons. The van der Waals surface area contributed by atoms with Crippen molar-refractivity contribution in [2.75, 3.05) is 11.1 Å². The number of hydrogen-bond acceptors (Lipinski definition) is 3. The number of carbonyl (C=O) groups is 1. The molecule has 0 aliphatic heterocycles. The quantitative estimate of drug-likeness (QED) is 0.555. The van der Waals surface area contributed by atoms with Crippen LogP contribution in [0.3, 0.4) is 0 Å². The molecule has 0 aromatic carbocycles. The average Bonchev–Trinajstić information content (AvgIpc) is 1.93. The molecule has 0 saturated heterocycles. The van der Waals surface area contributed by atoms with Crippen molar-refractivity contribution in [3.05, 3.63) is 18.5 Å². The Morgan fingerprint density at radius 3 is 3.00 bits per heavy atom. The average molecular weight is 153 g/mol. The Kier molecular flexibility index (Phi) is 1.91. The number of nitrogens with zero attached hydrogens (tertiary/aromatic N) is 1. The van der Waals surface area contributed by atoms with Crippen LogP contribution >= 0.6 is 0 Å². The van der Waals surface area contributed by atoms with E-state index in [1.165, 1.54) is 18.5 Å². The summed E-state index contributed by atoms with van der Waals surface area (Å²) < 4.78 is 0. The second-order valence-corrected chi connectivity index (χ2v) is 1.89. The van der Waals surface area contributed by atoms with Gasteiger partial charge in [0.1, 0.15) is 0 Å². The van der Waals surface area contributed by atoms with Crippen LogP contribution in [0.1, 0.15) is 0 Å². The van der Waals surface area contributed by atoms with Crippen LogP contribution in [-0.2, 0) is 0 Å². The Labute approximate surface area is 62.9 Å². The zero-order valence-corrected chi connectivity index (χ0v) is 5.61. The zero-order valence-electron chi connectivity index (χ0n) is 5.61. The summed E-state index contributed by atoms with van der Waals surface area (Å²) in [6, 6.07) is 1.49. The van der Waals surface area contributed by atoms with Crippen molar-refractivity contribution in [2.45, 2.75) is 0 Å². The van der Waals surface area contributed by atoms with Crippen LogP contribution in [0.5, 0.6) is 0 Å². The molecule has 1 rings (SSSR count). The van der Waals surface area contributed by atoms with Crippen molar-refractivity contribution in [3.63, 3.8) is 0 Å². The summed E-state index contributed by atoms with van der Waals surface area (Å²) >= 11 is 0. The maximum atomic E-state index is 10.1. The van der Waals surface area contributed by atoms with Crippen molar-refractivity contribution in [1.29, 1.82) is 0 Å². The second kappa shape index (κ2) is 2.87. The molecular formula is C6H7N3O2. The topological polar surface area (TPSA) is 88.2 Å². The van der Waals surface area contributed by atoms with Crippen LogP contribution in [0, 0.1) is 0 Å². The molecule has 1 aromatic heterocycles. The first kappa shape index (κ1) is 7.33. The van der Waals surface area contributed by atoms with Gasteiger partial charge in [-0.2, -0.15) is 0 Å². The minimum absolute atomic E-state index is 0.315. The monoisotopic (exact) mass is 153 g/mol. The molecule has 0 bridgehead atoms. The number of carboxylic acid groups (broad SMARTS) is 1. The lowest BCUT2D eigenvalue weighted by molar-refractivity contribution is 0.210. The Balaban J connectivity index is 2.86. The number of nitrogens with one attached hydrogen (secondary N) is 1. The maximum absolute atomic E-state index is 10.1. The third-order valence-electron chi connectivity index (χ3n) is 1.09. The van der Waals surface area contributed by atoms with Gasteiger partial charge in [0.2, 0.25) is 0 Å². The highest BCUT2D eigenvalue weighted by Gasteiger charge is 1.99. The number of nitrogen functional groups attached to an aromatic ring is 1. The first-order valence-corrected chi connectivity index (χ1v) is 2.89. The van der Waals surface area contributed by atoms with Crippen molar-refractivity contribution in [3.8, 4) is 0 Å². The van der Waals surface area contributed by atoms with Crippen LogP contribution in [0.4, 0.5) is 16.2 Å². The summed E-state index contributed by atoms with van der Waals surface area (Å²) in [6.07, 6.45) is 1.70. The van der Waals surface area contributed by atoms with E-state index in [9.17, 15) is 4.79 Å². The van der Waals surface area contributed by atoms with E-state index in [2.05, 4.69) is 10.3 Å². The highest BCUT2D eigenvalue weighted by molar-refractivity contribution is 5.87. The highest BCUT2D eigenvalue weighted by atomic mass is 16.4. The number of nitrogens with two attached hydrogens (primary N) is 1. The molecule has 0 fully saturated rings. The molecule has 0 aliphatic rings. The molecule has 4 N–H and O–H groups in total. The number of amides is 1. The molecule has 5 heteroatoms. The van der Waals surface area contributed by atoms with Gasteiger partial charge in [-0.05, 0) is 6.07 Å². The molecule has 0 saturated carbocycles. The smallest absolute Gasteiger partial charge is 0.409 e. The molecule has 1 heterocycles. The first-order chi connectivity index (χ1) is 5.20. The molecule has 1 aromatic rings. The SMILES string of the molecule is Nc1cnccc1NC(=O)O. The van der Waals surface area contributed by atoms with Crippen molar-refractivity contribution in [1.82, 2.24) is 4.98 Å². The molecule has 5 nitrogen and oxygen atoms in total. The highest BCUT2D eigenvalue weighted by Crippen LogP contribution is 2.14.